The lowest BCUT2D eigenvalue weighted by atomic mass is 10.1. The van der Waals surface area contributed by atoms with Crippen LogP contribution in [0.5, 0.6) is 0 Å². The Labute approximate surface area is 173 Å². The van der Waals surface area contributed by atoms with E-state index in [4.69, 9.17) is 4.52 Å². The SMILES string of the molecule is O=C(Nc1cnn(Cc2cccc(C(F)(F)F)c2)c1)c1cc(-c2ccc(F)cc2)on1. The van der Waals surface area contributed by atoms with Gasteiger partial charge in [0.1, 0.15) is 5.82 Å². The number of hydrogen-bond donors (Lipinski definition) is 1. The Balaban J connectivity index is 1.42. The van der Waals surface area contributed by atoms with Crippen LogP contribution in [0.2, 0.25) is 0 Å². The Kier molecular flexibility index (Phi) is 5.28. The average Bonchev–Trinajstić information content (AvgIpc) is 3.38. The first-order valence-corrected chi connectivity index (χ1v) is 9.00. The number of carbonyl (C=O) groups excluding carboxylic acids is 1. The molecule has 31 heavy (non-hydrogen) atoms. The Hall–Kier alpha value is -3.95. The molecular weight excluding hydrogens is 416 g/mol. The summed E-state index contributed by atoms with van der Waals surface area (Å²) in [6.45, 7) is 0.0957. The molecule has 0 radical (unpaired) electrons. The van der Waals surface area contributed by atoms with E-state index >= 15 is 0 Å². The first-order chi connectivity index (χ1) is 14.8. The van der Waals surface area contributed by atoms with Crippen molar-refractivity contribution in [3.8, 4) is 11.3 Å². The second-order valence-corrected chi connectivity index (χ2v) is 6.66. The maximum atomic E-state index is 13.0. The molecule has 0 bridgehead atoms. The highest BCUT2D eigenvalue weighted by atomic mass is 19.4. The van der Waals surface area contributed by atoms with E-state index in [9.17, 15) is 22.4 Å². The van der Waals surface area contributed by atoms with E-state index in [0.29, 0.717) is 22.6 Å². The molecule has 0 fully saturated rings. The van der Waals surface area contributed by atoms with Gasteiger partial charge in [0, 0.05) is 17.8 Å². The number of aromatic nitrogens is 3. The van der Waals surface area contributed by atoms with Crippen LogP contribution in [0.15, 0.2) is 71.5 Å². The number of nitrogens with one attached hydrogen (secondary N) is 1. The Morgan fingerprint density at radius 2 is 1.87 bits per heavy atom. The zero-order valence-corrected chi connectivity index (χ0v) is 15.7. The van der Waals surface area contributed by atoms with Crippen LogP contribution in [-0.2, 0) is 12.7 Å². The quantitative estimate of drug-likeness (QED) is 0.453. The Bertz CT molecular complexity index is 1210. The lowest BCUT2D eigenvalue weighted by molar-refractivity contribution is -0.137. The molecule has 0 aliphatic rings. The largest absolute Gasteiger partial charge is 0.416 e. The number of halogens is 4. The monoisotopic (exact) mass is 430 g/mol. The summed E-state index contributed by atoms with van der Waals surface area (Å²) in [5.74, 6) is -0.663. The van der Waals surface area contributed by atoms with Gasteiger partial charge in [-0.25, -0.2) is 4.39 Å². The zero-order valence-electron chi connectivity index (χ0n) is 15.7. The summed E-state index contributed by atoms with van der Waals surface area (Å²) >= 11 is 0. The van der Waals surface area contributed by atoms with Crippen LogP contribution in [0.1, 0.15) is 21.6 Å². The molecule has 4 aromatic rings. The fourth-order valence-electron chi connectivity index (χ4n) is 2.88. The molecule has 1 amide bonds. The minimum atomic E-state index is -4.43. The average molecular weight is 430 g/mol. The van der Waals surface area contributed by atoms with Gasteiger partial charge < -0.3 is 9.84 Å². The summed E-state index contributed by atoms with van der Waals surface area (Å²) in [5.41, 5.74) is 0.569. The summed E-state index contributed by atoms with van der Waals surface area (Å²) in [5, 5.41) is 10.3. The van der Waals surface area contributed by atoms with Crippen molar-refractivity contribution in [2.45, 2.75) is 12.7 Å². The van der Waals surface area contributed by atoms with Crippen LogP contribution < -0.4 is 5.32 Å². The molecule has 0 unspecified atom stereocenters. The second kappa shape index (κ2) is 8.05. The lowest BCUT2D eigenvalue weighted by Gasteiger charge is -2.08. The number of rotatable bonds is 5. The van der Waals surface area contributed by atoms with Gasteiger partial charge in [0.2, 0.25) is 0 Å². The van der Waals surface area contributed by atoms with Crippen molar-refractivity contribution in [1.29, 1.82) is 0 Å². The molecule has 1 N–H and O–H groups in total. The summed E-state index contributed by atoms with van der Waals surface area (Å²) in [6, 6.07) is 11.9. The molecule has 0 saturated heterocycles. The molecule has 6 nitrogen and oxygen atoms in total. The summed E-state index contributed by atoms with van der Waals surface area (Å²) < 4.78 is 58.1. The van der Waals surface area contributed by atoms with Crippen LogP contribution in [0.4, 0.5) is 23.2 Å². The van der Waals surface area contributed by atoms with Gasteiger partial charge in [-0.15, -0.1) is 0 Å². The number of hydrogen-bond acceptors (Lipinski definition) is 4. The van der Waals surface area contributed by atoms with Crippen molar-refractivity contribution >= 4 is 11.6 Å². The third kappa shape index (κ3) is 4.80. The van der Waals surface area contributed by atoms with E-state index in [0.717, 1.165) is 12.1 Å². The van der Waals surface area contributed by atoms with Crippen molar-refractivity contribution in [3.05, 3.63) is 89.6 Å². The van der Waals surface area contributed by atoms with Gasteiger partial charge in [0.15, 0.2) is 11.5 Å². The van der Waals surface area contributed by atoms with Gasteiger partial charge in [-0.2, -0.15) is 18.3 Å². The van der Waals surface area contributed by atoms with Gasteiger partial charge >= 0.3 is 6.18 Å². The van der Waals surface area contributed by atoms with Crippen molar-refractivity contribution in [1.82, 2.24) is 14.9 Å². The molecule has 0 aliphatic carbocycles. The molecule has 0 atom stereocenters. The van der Waals surface area contributed by atoms with Crippen molar-refractivity contribution in [2.24, 2.45) is 0 Å². The van der Waals surface area contributed by atoms with Gasteiger partial charge in [0.05, 0.1) is 24.0 Å². The van der Waals surface area contributed by atoms with Gasteiger partial charge in [-0.05, 0) is 42.0 Å². The predicted molar refractivity (Wildman–Crippen MR) is 103 cm³/mol. The van der Waals surface area contributed by atoms with Crippen molar-refractivity contribution < 1.29 is 26.9 Å². The zero-order chi connectivity index (χ0) is 22.0. The smallest absolute Gasteiger partial charge is 0.355 e. The van der Waals surface area contributed by atoms with Gasteiger partial charge in [0.25, 0.3) is 5.91 Å². The molecule has 10 heteroatoms. The highest BCUT2D eigenvalue weighted by Crippen LogP contribution is 2.29. The molecule has 158 valence electrons. The van der Waals surface area contributed by atoms with Gasteiger partial charge in [-0.1, -0.05) is 17.3 Å². The maximum absolute atomic E-state index is 13.0. The van der Waals surface area contributed by atoms with Crippen molar-refractivity contribution in [3.63, 3.8) is 0 Å². The molecule has 0 saturated carbocycles. The number of anilines is 1. The molecule has 2 aromatic carbocycles. The molecule has 2 aromatic heterocycles. The van der Waals surface area contributed by atoms with E-state index in [1.165, 1.54) is 53.5 Å². The summed E-state index contributed by atoms with van der Waals surface area (Å²) in [7, 11) is 0. The van der Waals surface area contributed by atoms with Crippen LogP contribution >= 0.6 is 0 Å². The molecule has 0 spiro atoms. The summed E-state index contributed by atoms with van der Waals surface area (Å²) in [4.78, 5) is 12.4. The predicted octanol–water partition coefficient (Wildman–Crippen LogP) is 5.00. The number of carbonyl (C=O) groups is 1. The molecule has 2 heterocycles. The number of nitrogens with zero attached hydrogens (tertiary/aromatic N) is 3. The second-order valence-electron chi connectivity index (χ2n) is 6.66. The van der Waals surface area contributed by atoms with Crippen LogP contribution in [0.3, 0.4) is 0 Å². The first-order valence-electron chi connectivity index (χ1n) is 9.00. The highest BCUT2D eigenvalue weighted by molar-refractivity contribution is 6.03. The molecular formula is C21H14F4N4O2. The van der Waals surface area contributed by atoms with Crippen molar-refractivity contribution in [2.75, 3.05) is 5.32 Å². The highest BCUT2D eigenvalue weighted by Gasteiger charge is 2.30. The lowest BCUT2D eigenvalue weighted by Crippen LogP contribution is -2.11. The van der Waals surface area contributed by atoms with E-state index in [-0.39, 0.29) is 12.2 Å². The van der Waals surface area contributed by atoms with Crippen LogP contribution in [-0.4, -0.2) is 20.8 Å². The van der Waals surface area contributed by atoms with E-state index < -0.39 is 23.5 Å². The van der Waals surface area contributed by atoms with Crippen LogP contribution in [0, 0.1) is 5.82 Å². The number of benzene rings is 2. The summed E-state index contributed by atoms with van der Waals surface area (Å²) in [6.07, 6.45) is -1.57. The van der Waals surface area contributed by atoms with E-state index in [1.807, 2.05) is 0 Å². The molecule has 4 rings (SSSR count). The normalized spacial score (nSPS) is 11.5. The number of amides is 1. The topological polar surface area (TPSA) is 73.0 Å². The van der Waals surface area contributed by atoms with Crippen LogP contribution in [0.25, 0.3) is 11.3 Å². The fourth-order valence-corrected chi connectivity index (χ4v) is 2.88. The van der Waals surface area contributed by atoms with Gasteiger partial charge in [-0.3, -0.25) is 9.48 Å². The fraction of sp³-hybridized carbons (Fsp3) is 0.0952. The standard InChI is InChI=1S/C21H14F4N4O2/c22-16-6-4-14(5-7-16)19-9-18(28-31-19)20(30)27-17-10-26-29(12-17)11-13-2-1-3-15(8-13)21(23,24)25/h1-10,12H,11H2,(H,27,30). The third-order valence-corrected chi connectivity index (χ3v) is 4.36. The van der Waals surface area contributed by atoms with E-state index in [1.54, 1.807) is 6.07 Å². The Morgan fingerprint density at radius 3 is 2.61 bits per heavy atom. The minimum absolute atomic E-state index is 0.00459. The first kappa shape index (κ1) is 20.3. The number of alkyl halides is 3. The third-order valence-electron chi connectivity index (χ3n) is 4.36. The van der Waals surface area contributed by atoms with E-state index in [2.05, 4.69) is 15.6 Å². The Morgan fingerprint density at radius 1 is 1.10 bits per heavy atom. The minimum Gasteiger partial charge on any atom is -0.355 e. The maximum Gasteiger partial charge on any atom is 0.416 e. The molecule has 0 aliphatic heterocycles.